The van der Waals surface area contributed by atoms with E-state index >= 15 is 0 Å². The van der Waals surface area contributed by atoms with Crippen molar-refractivity contribution in [3.63, 3.8) is 0 Å². The maximum absolute atomic E-state index is 12.3. The molecule has 1 aromatic rings. The van der Waals surface area contributed by atoms with Gasteiger partial charge in [0.2, 0.25) is 10.0 Å². The van der Waals surface area contributed by atoms with Gasteiger partial charge < -0.3 is 9.64 Å². The second-order valence-electron chi connectivity index (χ2n) is 7.01. The van der Waals surface area contributed by atoms with Crippen LogP contribution in [0.1, 0.15) is 48.9 Å². The molecule has 0 unspecified atom stereocenters. The summed E-state index contributed by atoms with van der Waals surface area (Å²) in [6.07, 6.45) is 6.04. The fraction of sp³-hybridized carbons (Fsp3) is 0.579. The molecule has 0 radical (unpaired) electrons. The number of carbonyl (C=O) groups is 2. The molecule has 0 saturated carbocycles. The number of hydrogen-bond donors (Lipinski definition) is 0. The molecule has 3 rings (SSSR count). The molecule has 2 heterocycles. The molecule has 2 fully saturated rings. The first-order valence-electron chi connectivity index (χ1n) is 9.53. The largest absolute Gasteiger partial charge is 0.452 e. The Bertz CT molecular complexity index is 768. The molecule has 2 aliphatic rings. The zero-order chi connectivity index (χ0) is 19.3. The van der Waals surface area contributed by atoms with Crippen molar-refractivity contribution < 1.29 is 22.7 Å². The third kappa shape index (κ3) is 5.00. The summed E-state index contributed by atoms with van der Waals surface area (Å²) in [6, 6.07) is 6.26. The minimum Gasteiger partial charge on any atom is -0.452 e. The number of sulfonamides is 1. The lowest BCUT2D eigenvalue weighted by molar-refractivity contribution is -0.134. The summed E-state index contributed by atoms with van der Waals surface area (Å²) >= 11 is 0. The van der Waals surface area contributed by atoms with Crippen LogP contribution in [0.25, 0.3) is 0 Å². The molecule has 0 N–H and O–H groups in total. The Morgan fingerprint density at radius 3 is 2.11 bits per heavy atom. The molecule has 0 aliphatic carbocycles. The first-order chi connectivity index (χ1) is 13.0. The molecule has 8 heteroatoms. The molecule has 27 heavy (non-hydrogen) atoms. The molecule has 2 aliphatic heterocycles. The lowest BCUT2D eigenvalue weighted by Crippen LogP contribution is -2.36. The summed E-state index contributed by atoms with van der Waals surface area (Å²) in [5.41, 5.74) is 0.844. The maximum Gasteiger partial charge on any atom is 0.338 e. The van der Waals surface area contributed by atoms with E-state index in [4.69, 9.17) is 4.74 Å². The Morgan fingerprint density at radius 2 is 1.52 bits per heavy atom. The number of nitrogens with zero attached hydrogens (tertiary/aromatic N) is 2. The molecular formula is C19H26N2O5S. The summed E-state index contributed by atoms with van der Waals surface area (Å²) in [4.78, 5) is 26.2. The van der Waals surface area contributed by atoms with Crippen molar-refractivity contribution in [3.8, 4) is 0 Å². The van der Waals surface area contributed by atoms with Gasteiger partial charge in [-0.2, -0.15) is 0 Å². The third-order valence-electron chi connectivity index (χ3n) is 5.03. The van der Waals surface area contributed by atoms with Crippen molar-refractivity contribution in [1.82, 2.24) is 4.90 Å². The average molecular weight is 394 g/mol. The minimum absolute atomic E-state index is 0.148. The fourth-order valence-electron chi connectivity index (χ4n) is 3.49. The van der Waals surface area contributed by atoms with Gasteiger partial charge in [-0.1, -0.05) is 19.3 Å². The standard InChI is InChI=1S/C19H26N2O5S/c22-18(20-11-4-2-1-3-5-12-20)15-26-19(23)16-7-9-17(10-8-16)21-13-6-14-27(21,24)25/h7-10H,1-6,11-15H2. The van der Waals surface area contributed by atoms with Gasteiger partial charge in [0.05, 0.1) is 17.0 Å². The number of benzene rings is 1. The average Bonchev–Trinajstić information content (AvgIpc) is 2.98. The number of anilines is 1. The predicted octanol–water partition coefficient (Wildman–Crippen LogP) is 2.18. The second-order valence-corrected chi connectivity index (χ2v) is 9.03. The van der Waals surface area contributed by atoms with E-state index in [1.807, 2.05) is 0 Å². The van der Waals surface area contributed by atoms with Crippen LogP contribution in [0.15, 0.2) is 24.3 Å². The molecule has 2 saturated heterocycles. The Labute approximate surface area is 160 Å². The van der Waals surface area contributed by atoms with E-state index in [2.05, 4.69) is 0 Å². The Balaban J connectivity index is 1.54. The molecule has 0 bridgehead atoms. The number of ether oxygens (including phenoxy) is 1. The van der Waals surface area contributed by atoms with Crippen LogP contribution in [0.5, 0.6) is 0 Å². The minimum atomic E-state index is -3.25. The number of likely N-dealkylation sites (tertiary alicyclic amines) is 1. The van der Waals surface area contributed by atoms with Crippen molar-refractivity contribution in [2.45, 2.75) is 38.5 Å². The van der Waals surface area contributed by atoms with Gasteiger partial charge in [-0.05, 0) is 43.5 Å². The summed E-state index contributed by atoms with van der Waals surface area (Å²) in [7, 11) is -3.25. The van der Waals surface area contributed by atoms with Crippen LogP contribution >= 0.6 is 0 Å². The van der Waals surface area contributed by atoms with Crippen LogP contribution in [-0.2, 0) is 19.6 Å². The van der Waals surface area contributed by atoms with Gasteiger partial charge in [0.15, 0.2) is 6.61 Å². The van der Waals surface area contributed by atoms with Crippen LogP contribution in [0.4, 0.5) is 5.69 Å². The predicted molar refractivity (Wildman–Crippen MR) is 102 cm³/mol. The van der Waals surface area contributed by atoms with Gasteiger partial charge in [-0.3, -0.25) is 9.10 Å². The highest BCUT2D eigenvalue weighted by atomic mass is 32.2. The van der Waals surface area contributed by atoms with Crippen molar-refractivity contribution in [2.24, 2.45) is 0 Å². The van der Waals surface area contributed by atoms with E-state index in [1.165, 1.54) is 22.9 Å². The fourth-order valence-corrected chi connectivity index (χ4v) is 5.06. The second kappa shape index (κ2) is 8.73. The quantitative estimate of drug-likeness (QED) is 0.731. The normalized spacial score (nSPS) is 20.0. The SMILES string of the molecule is O=C(OCC(=O)N1CCCCCCC1)c1ccc(N2CCCS2(=O)=O)cc1. The van der Waals surface area contributed by atoms with Gasteiger partial charge in [0.1, 0.15) is 0 Å². The molecule has 7 nitrogen and oxygen atoms in total. The van der Waals surface area contributed by atoms with Gasteiger partial charge in [-0.15, -0.1) is 0 Å². The zero-order valence-electron chi connectivity index (χ0n) is 15.4. The van der Waals surface area contributed by atoms with Crippen molar-refractivity contribution in [2.75, 3.05) is 36.3 Å². The lowest BCUT2D eigenvalue weighted by Gasteiger charge is -2.24. The molecule has 0 aromatic heterocycles. The van der Waals surface area contributed by atoms with Crippen molar-refractivity contribution in [1.29, 1.82) is 0 Å². The highest BCUT2D eigenvalue weighted by molar-refractivity contribution is 7.93. The van der Waals surface area contributed by atoms with Gasteiger partial charge in [-0.25, -0.2) is 13.2 Å². The van der Waals surface area contributed by atoms with Crippen LogP contribution in [-0.4, -0.2) is 57.2 Å². The molecule has 1 aromatic carbocycles. The van der Waals surface area contributed by atoms with Gasteiger partial charge in [0.25, 0.3) is 5.91 Å². The monoisotopic (exact) mass is 394 g/mol. The van der Waals surface area contributed by atoms with Crippen LogP contribution < -0.4 is 4.31 Å². The first-order valence-corrected chi connectivity index (χ1v) is 11.1. The number of amides is 1. The number of hydrogen-bond acceptors (Lipinski definition) is 5. The van der Waals surface area contributed by atoms with Crippen LogP contribution in [0.3, 0.4) is 0 Å². The molecule has 0 atom stereocenters. The molecule has 148 valence electrons. The summed E-state index contributed by atoms with van der Waals surface area (Å²) in [5, 5.41) is 0. The van der Waals surface area contributed by atoms with Crippen LogP contribution in [0, 0.1) is 0 Å². The van der Waals surface area contributed by atoms with E-state index in [-0.39, 0.29) is 18.3 Å². The van der Waals surface area contributed by atoms with Crippen LogP contribution in [0.2, 0.25) is 0 Å². The number of carbonyl (C=O) groups excluding carboxylic acids is 2. The first kappa shape index (κ1) is 19.7. The van der Waals surface area contributed by atoms with E-state index in [0.29, 0.717) is 24.2 Å². The van der Waals surface area contributed by atoms with E-state index < -0.39 is 16.0 Å². The Hall–Kier alpha value is -2.09. The summed E-state index contributed by atoms with van der Waals surface area (Å²) in [6.45, 7) is 1.63. The topological polar surface area (TPSA) is 84.0 Å². The van der Waals surface area contributed by atoms with E-state index in [1.54, 1.807) is 17.0 Å². The van der Waals surface area contributed by atoms with E-state index in [0.717, 1.165) is 38.8 Å². The molecule has 0 spiro atoms. The van der Waals surface area contributed by atoms with Gasteiger partial charge in [0, 0.05) is 19.6 Å². The number of esters is 1. The zero-order valence-corrected chi connectivity index (χ0v) is 16.2. The summed E-state index contributed by atoms with van der Waals surface area (Å²) in [5.74, 6) is -0.591. The van der Waals surface area contributed by atoms with Gasteiger partial charge >= 0.3 is 5.97 Å². The third-order valence-corrected chi connectivity index (χ3v) is 6.90. The number of rotatable bonds is 4. The highest BCUT2D eigenvalue weighted by Crippen LogP contribution is 2.24. The smallest absolute Gasteiger partial charge is 0.338 e. The molecule has 1 amide bonds. The summed E-state index contributed by atoms with van der Waals surface area (Å²) < 4.78 is 30.4. The Kier molecular flexibility index (Phi) is 6.36. The van der Waals surface area contributed by atoms with E-state index in [9.17, 15) is 18.0 Å². The van der Waals surface area contributed by atoms with Crippen molar-refractivity contribution in [3.05, 3.63) is 29.8 Å². The highest BCUT2D eigenvalue weighted by Gasteiger charge is 2.28. The molecular weight excluding hydrogens is 368 g/mol. The maximum atomic E-state index is 12.3. The lowest BCUT2D eigenvalue weighted by atomic mass is 10.1. The Morgan fingerprint density at radius 1 is 0.889 bits per heavy atom. The van der Waals surface area contributed by atoms with Crippen molar-refractivity contribution >= 4 is 27.6 Å².